The van der Waals surface area contributed by atoms with E-state index in [2.05, 4.69) is 60.2 Å². The number of halogens is 2. The summed E-state index contributed by atoms with van der Waals surface area (Å²) in [6.45, 7) is 3.90. The molecular weight excluding hydrogens is 495 g/mol. The third-order valence-electron chi connectivity index (χ3n) is 6.32. The fourth-order valence-corrected chi connectivity index (χ4v) is 4.79. The lowest BCUT2D eigenvalue weighted by molar-refractivity contribution is 0.0929. The van der Waals surface area contributed by atoms with Gasteiger partial charge in [0.25, 0.3) is 5.91 Å². The van der Waals surface area contributed by atoms with Crippen molar-refractivity contribution in [3.05, 3.63) is 94.2 Å². The Kier molecular flexibility index (Phi) is 7.85. The number of benzene rings is 3. The van der Waals surface area contributed by atoms with Gasteiger partial charge in [0.05, 0.1) is 11.6 Å². The van der Waals surface area contributed by atoms with Gasteiger partial charge in [-0.15, -0.1) is 0 Å². The number of nitrogens with zero attached hydrogens (tertiary/aromatic N) is 3. The maximum atomic E-state index is 13.3. The van der Waals surface area contributed by atoms with Crippen molar-refractivity contribution in [3.63, 3.8) is 0 Å². The van der Waals surface area contributed by atoms with Crippen molar-refractivity contribution >= 4 is 33.2 Å². The molecule has 1 unspecified atom stereocenters. The van der Waals surface area contributed by atoms with E-state index in [1.165, 1.54) is 17.7 Å². The van der Waals surface area contributed by atoms with Crippen LogP contribution in [0.15, 0.2) is 77.3 Å². The molecule has 34 heavy (non-hydrogen) atoms. The molecule has 1 aliphatic heterocycles. The van der Waals surface area contributed by atoms with Crippen molar-refractivity contribution in [1.82, 2.24) is 10.2 Å². The highest BCUT2D eigenvalue weighted by Gasteiger charge is 2.26. The topological polar surface area (TPSA) is 38.8 Å². The summed E-state index contributed by atoms with van der Waals surface area (Å²) in [5, 5.41) is 3.15. The van der Waals surface area contributed by atoms with Crippen LogP contribution in [-0.4, -0.2) is 57.6 Å². The predicted molar refractivity (Wildman–Crippen MR) is 140 cm³/mol. The van der Waals surface area contributed by atoms with E-state index in [1.54, 1.807) is 0 Å². The molecule has 0 saturated carbocycles. The van der Waals surface area contributed by atoms with Gasteiger partial charge in [-0.3, -0.25) is 9.69 Å². The molecule has 0 spiro atoms. The maximum Gasteiger partial charge on any atom is 0.252 e. The monoisotopic (exact) mass is 524 g/mol. The van der Waals surface area contributed by atoms with E-state index in [4.69, 9.17) is 0 Å². The summed E-state index contributed by atoms with van der Waals surface area (Å²) in [6.07, 6.45) is 0. The van der Waals surface area contributed by atoms with Gasteiger partial charge in [0.1, 0.15) is 5.82 Å². The van der Waals surface area contributed by atoms with Crippen molar-refractivity contribution < 1.29 is 9.18 Å². The predicted octanol–water partition coefficient (Wildman–Crippen LogP) is 4.95. The molecule has 178 valence electrons. The molecule has 5 nitrogen and oxygen atoms in total. The second-order valence-electron chi connectivity index (χ2n) is 8.69. The van der Waals surface area contributed by atoms with Crippen molar-refractivity contribution in [2.24, 2.45) is 0 Å². The Morgan fingerprint density at radius 3 is 2.24 bits per heavy atom. The van der Waals surface area contributed by atoms with E-state index in [9.17, 15) is 9.18 Å². The van der Waals surface area contributed by atoms with Gasteiger partial charge in [0, 0.05) is 62.7 Å². The minimum absolute atomic E-state index is 0.0537. The van der Waals surface area contributed by atoms with Crippen molar-refractivity contribution in [3.8, 4) is 0 Å². The van der Waals surface area contributed by atoms with Crippen molar-refractivity contribution in [2.45, 2.75) is 6.04 Å². The van der Waals surface area contributed by atoms with Crippen molar-refractivity contribution in [1.29, 1.82) is 0 Å². The van der Waals surface area contributed by atoms with E-state index in [0.29, 0.717) is 12.1 Å². The van der Waals surface area contributed by atoms with Crippen LogP contribution in [0.4, 0.5) is 15.8 Å². The number of hydrogen-bond acceptors (Lipinski definition) is 4. The second-order valence-corrected chi connectivity index (χ2v) is 9.55. The normalized spacial score (nSPS) is 15.1. The average molecular weight is 525 g/mol. The Morgan fingerprint density at radius 1 is 0.971 bits per heavy atom. The molecule has 0 aromatic heterocycles. The molecule has 1 amide bonds. The number of nitrogens with one attached hydrogen (secondary N) is 1. The number of carbonyl (C=O) groups excluding carboxylic acids is 1. The molecule has 3 aromatic rings. The molecule has 4 rings (SSSR count). The van der Waals surface area contributed by atoms with Crippen LogP contribution in [0, 0.1) is 5.82 Å². The first kappa shape index (κ1) is 24.2. The first-order valence-corrected chi connectivity index (χ1v) is 12.3. The number of hydrogen-bond donors (Lipinski definition) is 1. The Labute approximate surface area is 209 Å². The number of anilines is 2. The van der Waals surface area contributed by atoms with Crippen LogP contribution in [0.1, 0.15) is 22.0 Å². The lowest BCUT2D eigenvalue weighted by Gasteiger charge is -2.40. The molecular formula is C27H30BrFN4O. The van der Waals surface area contributed by atoms with E-state index in [1.807, 2.05) is 50.5 Å². The molecule has 0 radical (unpaired) electrons. The summed E-state index contributed by atoms with van der Waals surface area (Å²) in [6, 6.07) is 22.7. The summed E-state index contributed by atoms with van der Waals surface area (Å²) in [5.74, 6) is -0.309. The number of carbonyl (C=O) groups is 1. The van der Waals surface area contributed by atoms with Crippen LogP contribution in [0.25, 0.3) is 0 Å². The zero-order chi connectivity index (χ0) is 24.1. The zero-order valence-corrected chi connectivity index (χ0v) is 21.1. The average Bonchev–Trinajstić information content (AvgIpc) is 2.85. The minimum Gasteiger partial charge on any atom is -0.378 e. The zero-order valence-electron chi connectivity index (χ0n) is 19.5. The first-order valence-electron chi connectivity index (χ1n) is 11.5. The Hall–Kier alpha value is -2.90. The molecule has 1 saturated heterocycles. The largest absolute Gasteiger partial charge is 0.378 e. The Bertz CT molecular complexity index is 1100. The summed E-state index contributed by atoms with van der Waals surface area (Å²) in [4.78, 5) is 19.7. The molecule has 1 fully saturated rings. The van der Waals surface area contributed by atoms with Gasteiger partial charge >= 0.3 is 0 Å². The standard InChI is InChI=1S/C27H30BrFN4O/c1-31(2)22-11-7-20(8-12-22)26(19-30-27(34)24-5-3-4-6-25(24)28)33-17-15-32(16-18-33)23-13-9-21(29)10-14-23/h3-14,26H,15-19H2,1-2H3,(H,30,34). The highest BCUT2D eigenvalue weighted by Crippen LogP contribution is 2.26. The molecule has 3 aromatic carbocycles. The van der Waals surface area contributed by atoms with Crippen LogP contribution in [0.3, 0.4) is 0 Å². The molecule has 1 aliphatic rings. The fourth-order valence-electron chi connectivity index (χ4n) is 4.33. The van der Waals surface area contributed by atoms with E-state index >= 15 is 0 Å². The SMILES string of the molecule is CN(C)c1ccc(C(CNC(=O)c2ccccc2Br)N2CCN(c3ccc(F)cc3)CC2)cc1. The molecule has 7 heteroatoms. The Balaban J connectivity index is 1.49. The van der Waals surface area contributed by atoms with Crippen LogP contribution >= 0.6 is 15.9 Å². The van der Waals surface area contributed by atoms with Gasteiger partial charge < -0.3 is 15.1 Å². The van der Waals surface area contributed by atoms with Gasteiger partial charge in [-0.05, 0) is 70.0 Å². The van der Waals surface area contributed by atoms with E-state index in [0.717, 1.165) is 42.0 Å². The van der Waals surface area contributed by atoms with Gasteiger partial charge in [-0.2, -0.15) is 0 Å². The minimum atomic E-state index is -0.218. The fraction of sp³-hybridized carbons (Fsp3) is 0.296. The smallest absolute Gasteiger partial charge is 0.252 e. The lowest BCUT2D eigenvalue weighted by atomic mass is 10.0. The van der Waals surface area contributed by atoms with E-state index in [-0.39, 0.29) is 17.8 Å². The number of rotatable bonds is 7. The van der Waals surface area contributed by atoms with Crippen molar-refractivity contribution in [2.75, 3.05) is 56.6 Å². The molecule has 1 N–H and O–H groups in total. The third kappa shape index (κ3) is 5.77. The summed E-state index contributed by atoms with van der Waals surface area (Å²) in [7, 11) is 4.05. The number of piperazine rings is 1. The van der Waals surface area contributed by atoms with Crippen LogP contribution in [-0.2, 0) is 0 Å². The summed E-state index contributed by atoms with van der Waals surface area (Å²) < 4.78 is 14.1. The van der Waals surface area contributed by atoms with E-state index < -0.39 is 0 Å². The molecule has 1 heterocycles. The molecule has 1 atom stereocenters. The lowest BCUT2D eigenvalue weighted by Crippen LogP contribution is -2.50. The second kappa shape index (κ2) is 11.0. The molecule has 0 aliphatic carbocycles. The van der Waals surface area contributed by atoms with Crippen LogP contribution < -0.4 is 15.1 Å². The molecule has 0 bridgehead atoms. The summed E-state index contributed by atoms with van der Waals surface area (Å²) >= 11 is 3.48. The van der Waals surface area contributed by atoms with Crippen LogP contribution in [0.2, 0.25) is 0 Å². The number of amides is 1. The highest BCUT2D eigenvalue weighted by molar-refractivity contribution is 9.10. The third-order valence-corrected chi connectivity index (χ3v) is 7.01. The highest BCUT2D eigenvalue weighted by atomic mass is 79.9. The van der Waals surface area contributed by atoms with Gasteiger partial charge in [0.2, 0.25) is 0 Å². The van der Waals surface area contributed by atoms with Crippen LogP contribution in [0.5, 0.6) is 0 Å². The maximum absolute atomic E-state index is 13.3. The first-order chi connectivity index (χ1) is 16.4. The van der Waals surface area contributed by atoms with Gasteiger partial charge in [-0.1, -0.05) is 24.3 Å². The van der Waals surface area contributed by atoms with Gasteiger partial charge in [-0.25, -0.2) is 4.39 Å². The summed E-state index contributed by atoms with van der Waals surface area (Å²) in [5.41, 5.74) is 3.98. The Morgan fingerprint density at radius 2 is 1.62 bits per heavy atom. The van der Waals surface area contributed by atoms with Gasteiger partial charge in [0.15, 0.2) is 0 Å². The quantitative estimate of drug-likeness (QED) is 0.474.